The predicted octanol–water partition coefficient (Wildman–Crippen LogP) is 3.03. The van der Waals surface area contributed by atoms with Crippen LogP contribution in [0.15, 0.2) is 0 Å². The van der Waals surface area contributed by atoms with Gasteiger partial charge in [0.05, 0.1) is 10.7 Å². The van der Waals surface area contributed by atoms with Crippen LogP contribution in [-0.4, -0.2) is 17.4 Å². The fourth-order valence-corrected chi connectivity index (χ4v) is 4.15. The normalized spacial score (nSPS) is 27.7. The summed E-state index contributed by atoms with van der Waals surface area (Å²) < 4.78 is 0. The molecule has 2 aliphatic carbocycles. The van der Waals surface area contributed by atoms with Crippen LogP contribution in [0.25, 0.3) is 0 Å². The van der Waals surface area contributed by atoms with Crippen molar-refractivity contribution in [3.8, 4) is 0 Å². The Hall–Kier alpha value is -0.900. The number of rotatable bonds is 3. The van der Waals surface area contributed by atoms with Crippen LogP contribution in [0.4, 0.5) is 0 Å². The first-order chi connectivity index (χ1) is 8.97. The summed E-state index contributed by atoms with van der Waals surface area (Å²) in [5.74, 6) is 0.899. The molecule has 1 amide bonds. The molecule has 1 heterocycles. The van der Waals surface area contributed by atoms with E-state index in [4.69, 9.17) is 0 Å². The van der Waals surface area contributed by atoms with Crippen LogP contribution in [0.5, 0.6) is 0 Å². The van der Waals surface area contributed by atoms with Gasteiger partial charge in [-0.25, -0.2) is 4.98 Å². The third kappa shape index (κ3) is 2.55. The number of hydrogen-bond donors (Lipinski definition) is 1. The van der Waals surface area contributed by atoms with Gasteiger partial charge in [-0.1, -0.05) is 13.8 Å². The summed E-state index contributed by atoms with van der Waals surface area (Å²) in [5, 5.41) is 4.30. The second kappa shape index (κ2) is 4.58. The molecule has 1 saturated carbocycles. The van der Waals surface area contributed by atoms with Gasteiger partial charge in [-0.3, -0.25) is 4.79 Å². The molecule has 0 aliphatic heterocycles. The van der Waals surface area contributed by atoms with Crippen molar-refractivity contribution in [3.63, 3.8) is 0 Å². The van der Waals surface area contributed by atoms with Crippen molar-refractivity contribution < 1.29 is 4.79 Å². The van der Waals surface area contributed by atoms with Crippen molar-refractivity contribution in [2.24, 2.45) is 11.3 Å². The van der Waals surface area contributed by atoms with E-state index in [-0.39, 0.29) is 17.2 Å². The Morgan fingerprint density at radius 2 is 2.26 bits per heavy atom. The van der Waals surface area contributed by atoms with Crippen LogP contribution in [0.3, 0.4) is 0 Å². The Morgan fingerprint density at radius 3 is 2.95 bits per heavy atom. The first kappa shape index (κ1) is 13.1. The maximum absolute atomic E-state index is 12.1. The topological polar surface area (TPSA) is 42.0 Å². The Balaban J connectivity index is 1.61. The lowest BCUT2D eigenvalue weighted by molar-refractivity contribution is -0.123. The fourth-order valence-electron chi connectivity index (χ4n) is 3.09. The van der Waals surface area contributed by atoms with Crippen molar-refractivity contribution in [1.82, 2.24) is 10.3 Å². The van der Waals surface area contributed by atoms with Gasteiger partial charge in [-0.2, -0.15) is 0 Å². The van der Waals surface area contributed by atoms with E-state index in [2.05, 4.69) is 31.1 Å². The number of fused-ring (bicyclic) bond motifs is 1. The van der Waals surface area contributed by atoms with Gasteiger partial charge < -0.3 is 5.32 Å². The number of aromatic nitrogens is 1. The zero-order chi connectivity index (χ0) is 13.6. The molecule has 2 aliphatic rings. The maximum Gasteiger partial charge on any atom is 0.223 e. The van der Waals surface area contributed by atoms with Crippen LogP contribution in [0.2, 0.25) is 0 Å². The minimum atomic E-state index is 0.221. The summed E-state index contributed by atoms with van der Waals surface area (Å²) in [6, 6.07) is 0. The Morgan fingerprint density at radius 1 is 1.53 bits per heavy atom. The van der Waals surface area contributed by atoms with E-state index in [0.29, 0.717) is 5.92 Å². The lowest BCUT2D eigenvalue weighted by Crippen LogP contribution is -2.32. The van der Waals surface area contributed by atoms with Crippen LogP contribution >= 0.6 is 11.3 Å². The number of aryl methyl sites for hydroxylation is 2. The molecule has 0 spiro atoms. The molecule has 104 valence electrons. The number of thiazole rings is 1. The van der Waals surface area contributed by atoms with E-state index in [1.54, 1.807) is 0 Å². The monoisotopic (exact) mass is 278 g/mol. The molecule has 4 heteroatoms. The van der Waals surface area contributed by atoms with Crippen molar-refractivity contribution in [1.29, 1.82) is 0 Å². The number of nitrogens with zero attached hydrogens (tertiary/aromatic N) is 1. The molecule has 3 nitrogen and oxygen atoms in total. The Kier molecular flexibility index (Phi) is 3.16. The molecular formula is C15H22N2OS. The molecule has 0 unspecified atom stereocenters. The number of nitrogens with one attached hydrogen (secondary N) is 1. The number of hydrogen-bond acceptors (Lipinski definition) is 3. The summed E-state index contributed by atoms with van der Waals surface area (Å²) in [6.07, 6.45) is 4.58. The van der Waals surface area contributed by atoms with Gasteiger partial charge in [0, 0.05) is 23.3 Å². The first-order valence-electron chi connectivity index (χ1n) is 7.21. The van der Waals surface area contributed by atoms with Crippen LogP contribution in [-0.2, 0) is 11.2 Å². The molecule has 1 aromatic rings. The summed E-state index contributed by atoms with van der Waals surface area (Å²) in [7, 11) is 0. The molecule has 1 fully saturated rings. The second-order valence-electron chi connectivity index (χ2n) is 6.62. The smallest absolute Gasteiger partial charge is 0.223 e. The van der Waals surface area contributed by atoms with Crippen molar-refractivity contribution in [2.75, 3.05) is 6.54 Å². The van der Waals surface area contributed by atoms with E-state index in [0.717, 1.165) is 24.4 Å². The third-order valence-electron chi connectivity index (χ3n) is 4.53. The van der Waals surface area contributed by atoms with E-state index < -0.39 is 0 Å². The Bertz CT molecular complexity index is 506. The average Bonchev–Trinajstić information content (AvgIpc) is 2.81. The van der Waals surface area contributed by atoms with Gasteiger partial charge in [-0.15, -0.1) is 11.3 Å². The number of carbonyl (C=O) groups excluding carboxylic acids is 1. The van der Waals surface area contributed by atoms with Gasteiger partial charge in [0.2, 0.25) is 5.91 Å². The lowest BCUT2D eigenvalue weighted by atomic mass is 9.91. The minimum Gasteiger partial charge on any atom is -0.355 e. The standard InChI is InChI=1S/C15H22N2OS/c1-9-17-13-10(5-4-6-12(13)19-9)8-16-14(18)11-7-15(11,2)3/h10-11H,4-8H2,1-3H3,(H,16,18)/t10-,11-/m1/s1. The van der Waals surface area contributed by atoms with Crippen molar-refractivity contribution >= 4 is 17.2 Å². The van der Waals surface area contributed by atoms with Gasteiger partial charge in [-0.05, 0) is 38.0 Å². The molecule has 2 atom stereocenters. The van der Waals surface area contributed by atoms with Gasteiger partial charge in [0.15, 0.2) is 0 Å². The molecule has 1 aromatic heterocycles. The molecule has 0 aromatic carbocycles. The predicted molar refractivity (Wildman–Crippen MR) is 77.4 cm³/mol. The maximum atomic E-state index is 12.1. The largest absolute Gasteiger partial charge is 0.355 e. The summed E-state index contributed by atoms with van der Waals surface area (Å²) in [6.45, 7) is 7.17. The number of amides is 1. The van der Waals surface area contributed by atoms with Gasteiger partial charge in [0.1, 0.15) is 0 Å². The lowest BCUT2D eigenvalue weighted by Gasteiger charge is -2.21. The van der Waals surface area contributed by atoms with E-state index in [1.165, 1.54) is 23.4 Å². The highest BCUT2D eigenvalue weighted by atomic mass is 32.1. The van der Waals surface area contributed by atoms with Crippen molar-refractivity contribution in [3.05, 3.63) is 15.6 Å². The fraction of sp³-hybridized carbons (Fsp3) is 0.733. The second-order valence-corrected chi connectivity index (χ2v) is 7.91. The molecule has 0 bridgehead atoms. The molecule has 1 N–H and O–H groups in total. The van der Waals surface area contributed by atoms with Crippen LogP contribution in [0.1, 0.15) is 54.6 Å². The van der Waals surface area contributed by atoms with Gasteiger partial charge in [0.25, 0.3) is 0 Å². The zero-order valence-electron chi connectivity index (χ0n) is 12.0. The third-order valence-corrected chi connectivity index (χ3v) is 5.58. The van der Waals surface area contributed by atoms with Crippen molar-refractivity contribution in [2.45, 2.75) is 52.4 Å². The van der Waals surface area contributed by atoms with Crippen LogP contribution in [0, 0.1) is 18.3 Å². The highest BCUT2D eigenvalue weighted by Gasteiger charge is 2.50. The summed E-state index contributed by atoms with van der Waals surface area (Å²) in [5.41, 5.74) is 1.48. The Labute approximate surface area is 118 Å². The summed E-state index contributed by atoms with van der Waals surface area (Å²) in [4.78, 5) is 18.2. The highest BCUT2D eigenvalue weighted by molar-refractivity contribution is 7.11. The molecule has 19 heavy (non-hydrogen) atoms. The summed E-state index contributed by atoms with van der Waals surface area (Å²) >= 11 is 1.82. The SMILES string of the molecule is Cc1nc2c(s1)CCC[C@@H]2CNC(=O)[C@H]1CC1(C)C. The highest BCUT2D eigenvalue weighted by Crippen LogP contribution is 2.51. The zero-order valence-corrected chi connectivity index (χ0v) is 12.8. The van der Waals surface area contributed by atoms with E-state index >= 15 is 0 Å². The van der Waals surface area contributed by atoms with E-state index in [1.807, 2.05) is 11.3 Å². The molecular weight excluding hydrogens is 256 g/mol. The number of carbonyl (C=O) groups is 1. The first-order valence-corrected chi connectivity index (χ1v) is 8.03. The van der Waals surface area contributed by atoms with Gasteiger partial charge >= 0.3 is 0 Å². The molecule has 0 radical (unpaired) electrons. The van der Waals surface area contributed by atoms with E-state index in [9.17, 15) is 4.79 Å². The van der Waals surface area contributed by atoms with Crippen LogP contribution < -0.4 is 5.32 Å². The quantitative estimate of drug-likeness (QED) is 0.923. The minimum absolute atomic E-state index is 0.221. The average molecular weight is 278 g/mol. The molecule has 3 rings (SSSR count). The molecule has 0 saturated heterocycles.